The fraction of sp³-hybridized carbons (Fsp3) is 1.00. The van der Waals surface area contributed by atoms with Crippen LogP contribution in [0.5, 0.6) is 0 Å². The van der Waals surface area contributed by atoms with Crippen LogP contribution in [-0.4, -0.2) is 56.4 Å². The van der Waals surface area contributed by atoms with Crippen molar-refractivity contribution in [2.24, 2.45) is 0 Å². The van der Waals surface area contributed by atoms with Crippen LogP contribution in [0.25, 0.3) is 0 Å². The van der Waals surface area contributed by atoms with Gasteiger partial charge in [0.2, 0.25) is 0 Å². The molecule has 7 heteroatoms. The largest absolute Gasteiger partial charge is 0.415 e. The Labute approximate surface area is 85.4 Å². The second-order valence-electron chi connectivity index (χ2n) is 3.28. The monoisotopic (exact) mass is 229 g/mol. The topological polar surface area (TPSA) is 50.7 Å². The van der Waals surface area contributed by atoms with Gasteiger partial charge in [0.1, 0.15) is 0 Å². The number of hydrogen-bond acceptors (Lipinski definition) is 4. The summed E-state index contributed by atoms with van der Waals surface area (Å²) >= 11 is 0. The van der Waals surface area contributed by atoms with Gasteiger partial charge in [-0.2, -0.15) is 13.2 Å². The molecular weight excluding hydrogens is 215 g/mol. The molecule has 0 bridgehead atoms. The predicted octanol–water partition coefficient (Wildman–Crippen LogP) is -0.0854. The lowest BCUT2D eigenvalue weighted by molar-refractivity contribution is -0.202. The lowest BCUT2D eigenvalue weighted by atomic mass is 10.3. The maximum Gasteiger partial charge on any atom is 0.415 e. The van der Waals surface area contributed by atoms with E-state index < -0.39 is 18.8 Å². The zero-order chi connectivity index (χ0) is 11.3. The van der Waals surface area contributed by atoms with Crippen LogP contribution in [0.2, 0.25) is 0 Å². The molecule has 0 radical (unpaired) electrons. The van der Waals surface area contributed by atoms with Gasteiger partial charge in [-0.1, -0.05) is 0 Å². The van der Waals surface area contributed by atoms with Crippen molar-refractivity contribution in [3.63, 3.8) is 0 Å². The minimum Gasteiger partial charge on any atom is -0.382 e. The van der Waals surface area contributed by atoms with Crippen LogP contribution < -0.4 is 5.32 Å². The maximum absolute atomic E-state index is 11.9. The number of ether oxygens (including phenoxy) is 2. The number of rotatable bonds is 4. The number of alkyl halides is 3. The smallest absolute Gasteiger partial charge is 0.382 e. The van der Waals surface area contributed by atoms with Crippen molar-refractivity contribution in [1.29, 1.82) is 0 Å². The van der Waals surface area contributed by atoms with Crippen LogP contribution in [0.4, 0.5) is 13.2 Å². The maximum atomic E-state index is 11.9. The Morgan fingerprint density at radius 2 is 2.13 bits per heavy atom. The van der Waals surface area contributed by atoms with Gasteiger partial charge in [0.25, 0.3) is 0 Å². The van der Waals surface area contributed by atoms with E-state index in [2.05, 4.69) is 5.32 Å². The fourth-order valence-electron chi connectivity index (χ4n) is 1.15. The average Bonchev–Trinajstić information content (AvgIpc) is 2.18. The van der Waals surface area contributed by atoms with Gasteiger partial charge in [-0.05, 0) is 0 Å². The van der Waals surface area contributed by atoms with Gasteiger partial charge in [-0.25, -0.2) is 0 Å². The van der Waals surface area contributed by atoms with E-state index in [9.17, 15) is 13.2 Å². The van der Waals surface area contributed by atoms with Crippen molar-refractivity contribution in [2.45, 2.75) is 18.4 Å². The van der Waals surface area contributed by atoms with Crippen molar-refractivity contribution >= 4 is 0 Å². The highest BCUT2D eigenvalue weighted by atomic mass is 19.4. The summed E-state index contributed by atoms with van der Waals surface area (Å²) < 4.78 is 45.9. The van der Waals surface area contributed by atoms with E-state index >= 15 is 0 Å². The van der Waals surface area contributed by atoms with Gasteiger partial charge in [0, 0.05) is 13.1 Å². The molecular formula is C8H14F3NO3. The lowest BCUT2D eigenvalue weighted by Crippen LogP contribution is -2.43. The van der Waals surface area contributed by atoms with Crippen molar-refractivity contribution in [2.75, 3.05) is 32.9 Å². The molecule has 2 N–H and O–H groups in total. The fourth-order valence-corrected chi connectivity index (χ4v) is 1.15. The number of aliphatic hydroxyl groups is 1. The number of hydrogen-bond donors (Lipinski definition) is 2. The van der Waals surface area contributed by atoms with E-state index in [-0.39, 0.29) is 12.6 Å². The molecule has 90 valence electrons. The molecule has 1 rings (SSSR count). The molecule has 0 aromatic carbocycles. The first-order valence-electron chi connectivity index (χ1n) is 4.65. The van der Waals surface area contributed by atoms with E-state index in [1.807, 2.05) is 0 Å². The van der Waals surface area contributed by atoms with Gasteiger partial charge in [0.05, 0.1) is 25.9 Å². The number of nitrogens with one attached hydrogen (secondary N) is 1. The van der Waals surface area contributed by atoms with Gasteiger partial charge in [0.15, 0.2) is 6.10 Å². The molecule has 2 unspecified atom stereocenters. The molecule has 0 amide bonds. The average molecular weight is 229 g/mol. The molecule has 1 aliphatic rings. The summed E-state index contributed by atoms with van der Waals surface area (Å²) in [7, 11) is 0. The summed E-state index contributed by atoms with van der Waals surface area (Å²) in [6.45, 7) is 1.06. The van der Waals surface area contributed by atoms with E-state index in [0.717, 1.165) is 0 Å². The molecule has 4 nitrogen and oxygen atoms in total. The molecule has 1 fully saturated rings. The molecule has 0 spiro atoms. The first-order valence-corrected chi connectivity index (χ1v) is 4.65. The summed E-state index contributed by atoms with van der Waals surface area (Å²) in [5, 5.41) is 11.1. The summed E-state index contributed by atoms with van der Waals surface area (Å²) in [6, 6.07) is 0. The van der Waals surface area contributed by atoms with Crippen LogP contribution in [0.1, 0.15) is 0 Å². The van der Waals surface area contributed by atoms with Gasteiger partial charge in [-0.3, -0.25) is 0 Å². The first-order chi connectivity index (χ1) is 7.00. The third-order valence-corrected chi connectivity index (χ3v) is 1.97. The quantitative estimate of drug-likeness (QED) is 0.707. The Morgan fingerprint density at radius 3 is 2.67 bits per heavy atom. The standard InChI is InChI=1S/C8H14F3NO3/c9-8(10,11)7(13)4-12-3-6-5-14-1-2-15-6/h6-7,12-13H,1-5H2. The Kier molecular flexibility index (Phi) is 4.78. The summed E-state index contributed by atoms with van der Waals surface area (Å²) in [5.74, 6) is 0. The number of halogens is 3. The normalized spacial score (nSPS) is 25.2. The lowest BCUT2D eigenvalue weighted by Gasteiger charge is -2.24. The van der Waals surface area contributed by atoms with Crippen molar-refractivity contribution in [1.82, 2.24) is 5.32 Å². The van der Waals surface area contributed by atoms with E-state index in [1.54, 1.807) is 0 Å². The highest BCUT2D eigenvalue weighted by molar-refractivity contribution is 4.70. The Balaban J connectivity index is 2.10. The SMILES string of the molecule is OC(CNCC1COCCO1)C(F)(F)F. The predicted molar refractivity (Wildman–Crippen MR) is 45.5 cm³/mol. The highest BCUT2D eigenvalue weighted by Crippen LogP contribution is 2.19. The Morgan fingerprint density at radius 1 is 1.40 bits per heavy atom. The van der Waals surface area contributed by atoms with Crippen LogP contribution in [0.3, 0.4) is 0 Å². The molecule has 15 heavy (non-hydrogen) atoms. The summed E-state index contributed by atoms with van der Waals surface area (Å²) in [5.41, 5.74) is 0. The van der Waals surface area contributed by atoms with Crippen LogP contribution in [0.15, 0.2) is 0 Å². The van der Waals surface area contributed by atoms with Gasteiger partial charge >= 0.3 is 6.18 Å². The summed E-state index contributed by atoms with van der Waals surface area (Å²) in [6.07, 6.45) is -7.14. The third-order valence-electron chi connectivity index (χ3n) is 1.97. The minimum absolute atomic E-state index is 0.237. The van der Waals surface area contributed by atoms with Crippen LogP contribution in [0, 0.1) is 0 Å². The third kappa shape index (κ3) is 4.78. The number of aliphatic hydroxyl groups excluding tert-OH is 1. The minimum atomic E-state index is -4.57. The van der Waals surface area contributed by atoms with Gasteiger partial charge in [-0.15, -0.1) is 0 Å². The first kappa shape index (κ1) is 12.7. The molecule has 0 aliphatic carbocycles. The molecule has 1 aliphatic heterocycles. The van der Waals surface area contributed by atoms with Crippen LogP contribution >= 0.6 is 0 Å². The molecule has 1 heterocycles. The molecule has 0 aromatic rings. The van der Waals surface area contributed by atoms with Crippen molar-refractivity contribution < 1.29 is 27.8 Å². The second-order valence-corrected chi connectivity index (χ2v) is 3.28. The second kappa shape index (κ2) is 5.64. The van der Waals surface area contributed by atoms with Crippen molar-refractivity contribution in [3.8, 4) is 0 Å². The van der Waals surface area contributed by atoms with E-state index in [1.165, 1.54) is 0 Å². The zero-order valence-electron chi connectivity index (χ0n) is 8.09. The zero-order valence-corrected chi connectivity index (χ0v) is 8.09. The Hall–Kier alpha value is -0.370. The van der Waals surface area contributed by atoms with Gasteiger partial charge < -0.3 is 19.9 Å². The van der Waals surface area contributed by atoms with E-state index in [0.29, 0.717) is 19.8 Å². The molecule has 0 aromatic heterocycles. The highest BCUT2D eigenvalue weighted by Gasteiger charge is 2.37. The van der Waals surface area contributed by atoms with E-state index in [4.69, 9.17) is 14.6 Å². The van der Waals surface area contributed by atoms with Crippen molar-refractivity contribution in [3.05, 3.63) is 0 Å². The summed E-state index contributed by atoms with van der Waals surface area (Å²) in [4.78, 5) is 0. The molecule has 1 saturated heterocycles. The molecule has 2 atom stereocenters. The molecule has 0 saturated carbocycles. The Bertz CT molecular complexity index is 182. The van der Waals surface area contributed by atoms with Crippen LogP contribution in [-0.2, 0) is 9.47 Å².